The van der Waals surface area contributed by atoms with Crippen LogP contribution in [0.4, 0.5) is 0 Å². The predicted molar refractivity (Wildman–Crippen MR) is 119 cm³/mol. The summed E-state index contributed by atoms with van der Waals surface area (Å²) in [7, 11) is 0. The van der Waals surface area contributed by atoms with Gasteiger partial charge in [-0.3, -0.25) is 19.4 Å². The summed E-state index contributed by atoms with van der Waals surface area (Å²) in [5.74, 6) is -0.308. The molecule has 0 spiro atoms. The number of aryl methyl sites for hydroxylation is 1. The maximum Gasteiger partial charge on any atom is 0.267 e. The third-order valence-electron chi connectivity index (χ3n) is 5.36. The van der Waals surface area contributed by atoms with Crippen molar-refractivity contribution in [1.82, 2.24) is 19.3 Å². The highest BCUT2D eigenvalue weighted by atomic mass is 16.1. The molecule has 3 aromatic heterocycles. The molecule has 3 aromatic rings. The fourth-order valence-corrected chi connectivity index (χ4v) is 3.65. The van der Waals surface area contributed by atoms with Crippen LogP contribution in [-0.4, -0.2) is 26.4 Å². The van der Waals surface area contributed by atoms with E-state index in [1.807, 2.05) is 6.07 Å². The maximum atomic E-state index is 13.1. The number of hydrogen-bond donors (Lipinski definition) is 2. The zero-order valence-electron chi connectivity index (χ0n) is 17.9. The summed E-state index contributed by atoms with van der Waals surface area (Å²) in [5.41, 5.74) is 1.12. The number of hydrogen-bond acceptors (Lipinski definition) is 4. The second kappa shape index (κ2) is 10.2. The summed E-state index contributed by atoms with van der Waals surface area (Å²) >= 11 is 0. The van der Waals surface area contributed by atoms with Crippen molar-refractivity contribution >= 4 is 22.6 Å². The predicted octanol–water partition coefficient (Wildman–Crippen LogP) is 3.63. The summed E-state index contributed by atoms with van der Waals surface area (Å²) in [6.45, 7) is 5.38. The lowest BCUT2D eigenvalue weighted by molar-refractivity contribution is 0.0950. The lowest BCUT2D eigenvalue weighted by atomic mass is 10.1. The van der Waals surface area contributed by atoms with Gasteiger partial charge in [0.15, 0.2) is 0 Å². The van der Waals surface area contributed by atoms with E-state index in [9.17, 15) is 9.59 Å². The average molecular weight is 410 g/mol. The van der Waals surface area contributed by atoms with Gasteiger partial charge in [-0.15, -0.1) is 0 Å². The van der Waals surface area contributed by atoms with Gasteiger partial charge in [-0.05, 0) is 31.0 Å². The van der Waals surface area contributed by atoms with Gasteiger partial charge in [-0.1, -0.05) is 52.0 Å². The molecule has 3 heterocycles. The van der Waals surface area contributed by atoms with Crippen molar-refractivity contribution < 1.29 is 4.79 Å². The molecular formula is C23H31N5O2. The molecule has 1 amide bonds. The quantitative estimate of drug-likeness (QED) is 0.396. The molecule has 30 heavy (non-hydrogen) atoms. The normalized spacial score (nSPS) is 11.3. The Bertz CT molecular complexity index is 1150. The summed E-state index contributed by atoms with van der Waals surface area (Å²) in [6, 6.07) is 6.92. The molecule has 2 N–H and O–H groups in total. The first kappa shape index (κ1) is 21.7. The lowest BCUT2D eigenvalue weighted by Gasteiger charge is -2.15. The number of carbonyl (C=O) groups excluding carboxylic acids is 1. The van der Waals surface area contributed by atoms with Crippen LogP contribution in [0.1, 0.15) is 69.2 Å². The van der Waals surface area contributed by atoms with E-state index >= 15 is 0 Å². The third kappa shape index (κ3) is 4.61. The van der Waals surface area contributed by atoms with Crippen LogP contribution in [0.25, 0.3) is 16.7 Å². The number of aromatic nitrogens is 3. The molecule has 0 fully saturated rings. The van der Waals surface area contributed by atoms with Crippen molar-refractivity contribution in [1.29, 1.82) is 5.41 Å². The van der Waals surface area contributed by atoms with Gasteiger partial charge in [-0.2, -0.15) is 0 Å². The van der Waals surface area contributed by atoms with Gasteiger partial charge in [0.2, 0.25) is 0 Å². The van der Waals surface area contributed by atoms with Crippen molar-refractivity contribution in [2.45, 2.75) is 65.3 Å². The first-order valence-electron chi connectivity index (χ1n) is 11.0. The molecule has 0 aliphatic rings. The van der Waals surface area contributed by atoms with Gasteiger partial charge in [-0.25, -0.2) is 4.98 Å². The number of nitrogens with one attached hydrogen (secondary N) is 2. The molecular weight excluding hydrogens is 378 g/mol. The highest BCUT2D eigenvalue weighted by molar-refractivity contribution is 5.96. The molecule has 0 atom stereocenters. The van der Waals surface area contributed by atoms with Crippen LogP contribution >= 0.6 is 0 Å². The smallest absolute Gasteiger partial charge is 0.267 e. The van der Waals surface area contributed by atoms with Gasteiger partial charge < -0.3 is 9.88 Å². The van der Waals surface area contributed by atoms with Gasteiger partial charge in [0.1, 0.15) is 16.8 Å². The molecule has 0 aliphatic heterocycles. The molecule has 3 rings (SSSR count). The largest absolute Gasteiger partial charge is 0.352 e. The lowest BCUT2D eigenvalue weighted by Crippen LogP contribution is -2.35. The fraction of sp³-hybridized carbons (Fsp3) is 0.478. The number of nitrogens with zero attached hydrogens (tertiary/aromatic N) is 3. The molecule has 0 aromatic carbocycles. The Labute approximate surface area is 176 Å². The molecule has 0 bridgehead atoms. The van der Waals surface area contributed by atoms with E-state index in [2.05, 4.69) is 24.1 Å². The minimum Gasteiger partial charge on any atom is -0.352 e. The van der Waals surface area contributed by atoms with E-state index in [0.29, 0.717) is 29.8 Å². The minimum atomic E-state index is -0.308. The maximum absolute atomic E-state index is 13.1. The van der Waals surface area contributed by atoms with Gasteiger partial charge >= 0.3 is 0 Å². The van der Waals surface area contributed by atoms with Crippen LogP contribution in [0.5, 0.6) is 0 Å². The Hall–Kier alpha value is -2.96. The molecule has 7 nitrogen and oxygen atoms in total. The second-order valence-electron chi connectivity index (χ2n) is 7.67. The second-order valence-corrected chi connectivity index (χ2v) is 7.67. The number of pyridine rings is 2. The Balaban J connectivity index is 2.10. The standard InChI is InChI=1S/C23H31N5O2/c1-3-5-7-10-15-28-20(24)17(22(29)25-13-9-6-4-2)16-18-21(28)26-19-12-8-11-14-27(19)23(18)30/h8,11-12,14,16,24H,3-7,9-10,13,15H2,1-2H3,(H,25,29). The Morgan fingerprint density at radius 1 is 1.10 bits per heavy atom. The number of amides is 1. The van der Waals surface area contributed by atoms with Crippen molar-refractivity contribution in [2.75, 3.05) is 6.54 Å². The van der Waals surface area contributed by atoms with Crippen molar-refractivity contribution in [2.24, 2.45) is 0 Å². The molecule has 0 saturated carbocycles. The molecule has 0 radical (unpaired) electrons. The minimum absolute atomic E-state index is 0.110. The van der Waals surface area contributed by atoms with Crippen LogP contribution in [0.15, 0.2) is 35.3 Å². The van der Waals surface area contributed by atoms with Crippen LogP contribution in [0.3, 0.4) is 0 Å². The zero-order valence-corrected chi connectivity index (χ0v) is 17.9. The van der Waals surface area contributed by atoms with Crippen molar-refractivity contribution in [3.63, 3.8) is 0 Å². The first-order valence-corrected chi connectivity index (χ1v) is 11.0. The number of rotatable bonds is 10. The van der Waals surface area contributed by atoms with Gasteiger partial charge in [0.05, 0.1) is 10.9 Å². The number of fused-ring (bicyclic) bond motifs is 2. The molecule has 7 heteroatoms. The molecule has 0 unspecified atom stereocenters. The van der Waals surface area contributed by atoms with E-state index in [1.165, 1.54) is 10.5 Å². The van der Waals surface area contributed by atoms with E-state index in [0.717, 1.165) is 44.9 Å². The molecule has 160 valence electrons. The topological polar surface area (TPSA) is 92.2 Å². The monoisotopic (exact) mass is 409 g/mol. The van der Waals surface area contributed by atoms with Crippen LogP contribution in [0, 0.1) is 5.41 Å². The van der Waals surface area contributed by atoms with E-state index in [1.54, 1.807) is 22.9 Å². The average Bonchev–Trinajstić information content (AvgIpc) is 2.75. The van der Waals surface area contributed by atoms with E-state index < -0.39 is 0 Å². The van der Waals surface area contributed by atoms with Crippen molar-refractivity contribution in [3.8, 4) is 0 Å². The van der Waals surface area contributed by atoms with Crippen LogP contribution in [-0.2, 0) is 6.54 Å². The van der Waals surface area contributed by atoms with Crippen molar-refractivity contribution in [3.05, 3.63) is 51.9 Å². The summed E-state index contributed by atoms with van der Waals surface area (Å²) < 4.78 is 3.21. The summed E-state index contributed by atoms with van der Waals surface area (Å²) in [5, 5.41) is 12.0. The first-order chi connectivity index (χ1) is 14.6. The zero-order chi connectivity index (χ0) is 21.5. The summed E-state index contributed by atoms with van der Waals surface area (Å²) in [4.78, 5) is 30.6. The van der Waals surface area contributed by atoms with Gasteiger partial charge in [0.25, 0.3) is 11.5 Å². The Morgan fingerprint density at radius 3 is 2.63 bits per heavy atom. The number of unbranched alkanes of at least 4 members (excludes halogenated alkanes) is 5. The number of carbonyl (C=O) groups is 1. The SMILES string of the molecule is CCCCCCn1c(=N)c(C(=O)NCCCCC)cc2c(=O)n3ccccc3nc21. The van der Waals surface area contributed by atoms with E-state index in [4.69, 9.17) is 5.41 Å². The van der Waals surface area contributed by atoms with Gasteiger partial charge in [0, 0.05) is 19.3 Å². The molecule has 0 saturated heterocycles. The van der Waals surface area contributed by atoms with Crippen LogP contribution < -0.4 is 16.4 Å². The highest BCUT2D eigenvalue weighted by Crippen LogP contribution is 2.12. The van der Waals surface area contributed by atoms with Crippen LogP contribution in [0.2, 0.25) is 0 Å². The molecule has 0 aliphatic carbocycles. The fourth-order valence-electron chi connectivity index (χ4n) is 3.65. The summed E-state index contributed by atoms with van der Waals surface area (Å²) in [6.07, 6.45) is 8.82. The van der Waals surface area contributed by atoms with E-state index in [-0.39, 0.29) is 22.5 Å². The third-order valence-corrected chi connectivity index (χ3v) is 5.36. The Morgan fingerprint density at radius 2 is 1.87 bits per heavy atom. The Kier molecular flexibility index (Phi) is 7.38. The highest BCUT2D eigenvalue weighted by Gasteiger charge is 2.17.